The Balaban J connectivity index is 1.88. The van der Waals surface area contributed by atoms with E-state index < -0.39 is 0 Å². The van der Waals surface area contributed by atoms with Gasteiger partial charge in [0.2, 0.25) is 5.91 Å². The first-order chi connectivity index (χ1) is 9.98. The number of imidazole rings is 1. The molecule has 1 fully saturated rings. The van der Waals surface area contributed by atoms with E-state index in [1.54, 1.807) is 12.1 Å². The molecule has 0 saturated carbocycles. The number of fused-ring (bicyclic) bond motifs is 1. The molecule has 0 radical (unpaired) electrons. The van der Waals surface area contributed by atoms with Crippen molar-refractivity contribution >= 4 is 38.6 Å². The van der Waals surface area contributed by atoms with Gasteiger partial charge in [-0.2, -0.15) is 0 Å². The van der Waals surface area contributed by atoms with Gasteiger partial charge in [-0.15, -0.1) is 0 Å². The molecule has 0 bridgehead atoms. The molecular weight excluding hydrogens is 336 g/mol. The third-order valence-electron chi connectivity index (χ3n) is 4.11. The van der Waals surface area contributed by atoms with E-state index in [1.807, 2.05) is 6.92 Å². The topological polar surface area (TPSA) is 89.8 Å². The van der Waals surface area contributed by atoms with Crippen LogP contribution in [0.4, 0.5) is 5.69 Å². The molecule has 1 aromatic carbocycles. The third kappa shape index (κ3) is 2.75. The van der Waals surface area contributed by atoms with Gasteiger partial charge >= 0.3 is 5.69 Å². The zero-order chi connectivity index (χ0) is 15.0. The van der Waals surface area contributed by atoms with Crippen molar-refractivity contribution in [1.29, 1.82) is 0 Å². The average molecular weight is 353 g/mol. The summed E-state index contributed by atoms with van der Waals surface area (Å²) in [6.45, 7) is 3.71. The van der Waals surface area contributed by atoms with Crippen LogP contribution in [0.5, 0.6) is 0 Å². The molecule has 1 saturated heterocycles. The number of nitrogens with one attached hydrogen (secondary N) is 4. The molecule has 1 aliphatic heterocycles. The second kappa shape index (κ2) is 5.31. The zero-order valence-corrected chi connectivity index (χ0v) is 13.3. The lowest BCUT2D eigenvalue weighted by Gasteiger charge is -2.32. The normalized spacial score (nSPS) is 17.8. The molecule has 2 heterocycles. The van der Waals surface area contributed by atoms with E-state index in [4.69, 9.17) is 0 Å². The van der Waals surface area contributed by atoms with Gasteiger partial charge in [-0.05, 0) is 54.0 Å². The smallest absolute Gasteiger partial charge is 0.323 e. The highest BCUT2D eigenvalue weighted by molar-refractivity contribution is 9.10. The van der Waals surface area contributed by atoms with Crippen molar-refractivity contribution in [3.05, 3.63) is 27.1 Å². The number of piperidine rings is 1. The SMILES string of the molecule is CC1(C(=O)Nc2cc3[nH]c(=O)[nH]c3cc2Br)CCNCC1. The van der Waals surface area contributed by atoms with E-state index in [9.17, 15) is 9.59 Å². The van der Waals surface area contributed by atoms with Gasteiger partial charge in [0.05, 0.1) is 16.7 Å². The Bertz CT molecular complexity index is 743. The molecule has 3 rings (SSSR count). The lowest BCUT2D eigenvalue weighted by atomic mass is 9.80. The van der Waals surface area contributed by atoms with E-state index in [1.165, 1.54) is 0 Å². The van der Waals surface area contributed by atoms with Gasteiger partial charge in [0.15, 0.2) is 0 Å². The predicted octanol–water partition coefficient (Wildman–Crippen LogP) is 1.95. The minimum Gasteiger partial charge on any atom is -0.325 e. The molecule has 6 nitrogen and oxygen atoms in total. The Kier molecular flexibility index (Phi) is 3.62. The van der Waals surface area contributed by atoms with Crippen LogP contribution in [0.15, 0.2) is 21.4 Å². The average Bonchev–Trinajstić information content (AvgIpc) is 2.79. The van der Waals surface area contributed by atoms with Gasteiger partial charge in [0.25, 0.3) is 0 Å². The Labute approximate surface area is 129 Å². The molecular formula is C14H17BrN4O2. The van der Waals surface area contributed by atoms with E-state index in [-0.39, 0.29) is 17.0 Å². The molecule has 112 valence electrons. The summed E-state index contributed by atoms with van der Waals surface area (Å²) < 4.78 is 0.746. The zero-order valence-electron chi connectivity index (χ0n) is 11.7. The number of H-pyrrole nitrogens is 2. The number of benzene rings is 1. The summed E-state index contributed by atoms with van der Waals surface area (Å²) >= 11 is 3.43. The minimum atomic E-state index is -0.356. The fraction of sp³-hybridized carbons (Fsp3) is 0.429. The fourth-order valence-electron chi connectivity index (χ4n) is 2.63. The Morgan fingerprint density at radius 3 is 2.52 bits per heavy atom. The lowest BCUT2D eigenvalue weighted by Crippen LogP contribution is -2.42. The Morgan fingerprint density at radius 2 is 1.86 bits per heavy atom. The number of carbonyl (C=O) groups is 1. The number of aromatic amines is 2. The highest BCUT2D eigenvalue weighted by Gasteiger charge is 2.34. The van der Waals surface area contributed by atoms with Crippen molar-refractivity contribution in [2.24, 2.45) is 5.41 Å². The number of halogens is 1. The van der Waals surface area contributed by atoms with Gasteiger partial charge in [0.1, 0.15) is 0 Å². The Morgan fingerprint density at radius 1 is 1.24 bits per heavy atom. The van der Waals surface area contributed by atoms with Crippen molar-refractivity contribution in [3.63, 3.8) is 0 Å². The summed E-state index contributed by atoms with van der Waals surface area (Å²) in [4.78, 5) is 29.2. The van der Waals surface area contributed by atoms with Gasteiger partial charge in [-0.1, -0.05) is 6.92 Å². The maximum atomic E-state index is 12.5. The standard InChI is InChI=1S/C14H17BrN4O2/c1-14(2-4-16-5-3-14)12(20)17-9-7-11-10(6-8(9)15)18-13(21)19-11/h6-7,16H,2-5H2,1H3,(H,17,20)(H2,18,19,21). The molecule has 0 spiro atoms. The molecule has 21 heavy (non-hydrogen) atoms. The summed E-state index contributed by atoms with van der Waals surface area (Å²) in [7, 11) is 0. The minimum absolute atomic E-state index is 0.0157. The van der Waals surface area contributed by atoms with Gasteiger partial charge < -0.3 is 20.6 Å². The fourth-order valence-corrected chi connectivity index (χ4v) is 3.07. The largest absolute Gasteiger partial charge is 0.325 e. The summed E-state index contributed by atoms with van der Waals surface area (Å²) in [5.74, 6) is 0.0157. The Hall–Kier alpha value is -1.60. The van der Waals surface area contributed by atoms with Crippen LogP contribution in [0.1, 0.15) is 19.8 Å². The number of hydrogen-bond donors (Lipinski definition) is 4. The molecule has 1 amide bonds. The number of amides is 1. The van der Waals surface area contributed by atoms with Gasteiger partial charge in [-0.25, -0.2) is 4.79 Å². The lowest BCUT2D eigenvalue weighted by molar-refractivity contribution is -0.126. The van der Waals surface area contributed by atoms with Crippen molar-refractivity contribution in [2.75, 3.05) is 18.4 Å². The van der Waals surface area contributed by atoms with Crippen LogP contribution in [0.2, 0.25) is 0 Å². The molecule has 7 heteroatoms. The summed E-state index contributed by atoms with van der Waals surface area (Å²) in [6, 6.07) is 3.55. The number of rotatable bonds is 2. The first kappa shape index (κ1) is 14.3. The van der Waals surface area contributed by atoms with Crippen molar-refractivity contribution in [2.45, 2.75) is 19.8 Å². The number of hydrogen-bond acceptors (Lipinski definition) is 3. The molecule has 1 aromatic heterocycles. The van der Waals surface area contributed by atoms with Crippen LogP contribution in [-0.4, -0.2) is 29.0 Å². The second-order valence-corrected chi connectivity index (χ2v) is 6.58. The van der Waals surface area contributed by atoms with Crippen LogP contribution in [0, 0.1) is 5.41 Å². The number of aromatic nitrogens is 2. The third-order valence-corrected chi connectivity index (χ3v) is 4.76. The quantitative estimate of drug-likeness (QED) is 0.665. The van der Waals surface area contributed by atoms with Gasteiger partial charge in [0, 0.05) is 9.89 Å². The van der Waals surface area contributed by atoms with Crippen molar-refractivity contribution in [1.82, 2.24) is 15.3 Å². The first-order valence-corrected chi connectivity index (χ1v) is 7.71. The summed E-state index contributed by atoms with van der Waals surface area (Å²) in [5.41, 5.74) is 1.44. The monoisotopic (exact) mass is 352 g/mol. The van der Waals surface area contributed by atoms with E-state index in [0.717, 1.165) is 30.4 Å². The second-order valence-electron chi connectivity index (χ2n) is 5.72. The summed E-state index contributed by atoms with van der Waals surface area (Å²) in [5, 5.41) is 6.24. The van der Waals surface area contributed by atoms with Crippen LogP contribution in [0.25, 0.3) is 11.0 Å². The highest BCUT2D eigenvalue weighted by atomic mass is 79.9. The maximum Gasteiger partial charge on any atom is 0.323 e. The van der Waals surface area contributed by atoms with Crippen LogP contribution < -0.4 is 16.3 Å². The molecule has 0 unspecified atom stereocenters. The molecule has 4 N–H and O–H groups in total. The maximum absolute atomic E-state index is 12.5. The van der Waals surface area contributed by atoms with Crippen LogP contribution in [-0.2, 0) is 4.79 Å². The molecule has 0 atom stereocenters. The summed E-state index contributed by atoms with van der Waals surface area (Å²) in [6.07, 6.45) is 1.64. The van der Waals surface area contributed by atoms with Crippen LogP contribution in [0.3, 0.4) is 0 Å². The first-order valence-electron chi connectivity index (χ1n) is 6.92. The number of carbonyl (C=O) groups excluding carboxylic acids is 1. The predicted molar refractivity (Wildman–Crippen MR) is 85.5 cm³/mol. The van der Waals surface area contributed by atoms with E-state index >= 15 is 0 Å². The van der Waals surface area contributed by atoms with E-state index in [2.05, 4.69) is 36.5 Å². The highest BCUT2D eigenvalue weighted by Crippen LogP contribution is 2.32. The van der Waals surface area contributed by atoms with Crippen molar-refractivity contribution in [3.8, 4) is 0 Å². The van der Waals surface area contributed by atoms with Crippen LogP contribution >= 0.6 is 15.9 Å². The molecule has 2 aromatic rings. The van der Waals surface area contributed by atoms with E-state index in [0.29, 0.717) is 16.7 Å². The molecule has 0 aliphatic carbocycles. The number of anilines is 1. The van der Waals surface area contributed by atoms with Crippen molar-refractivity contribution < 1.29 is 4.79 Å². The van der Waals surface area contributed by atoms with Gasteiger partial charge in [-0.3, -0.25) is 4.79 Å². The molecule has 1 aliphatic rings.